The van der Waals surface area contributed by atoms with Crippen molar-refractivity contribution in [2.75, 3.05) is 0 Å². The van der Waals surface area contributed by atoms with E-state index >= 15 is 0 Å². The summed E-state index contributed by atoms with van der Waals surface area (Å²) in [7, 11) is -2.91. The number of alkyl carbamates (subject to hydrolysis) is 1. The van der Waals surface area contributed by atoms with E-state index in [4.69, 9.17) is 4.74 Å². The van der Waals surface area contributed by atoms with Crippen molar-refractivity contribution in [3.05, 3.63) is 71.8 Å². The van der Waals surface area contributed by atoms with Gasteiger partial charge in [-0.15, -0.1) is 0 Å². The molecule has 6 heteroatoms. The molecule has 116 valence electrons. The molecular weight excluding hydrogens is 301 g/mol. The summed E-state index contributed by atoms with van der Waals surface area (Å²) in [6.07, 6.45) is -0.410. The third kappa shape index (κ3) is 5.35. The van der Waals surface area contributed by atoms with Crippen molar-refractivity contribution in [2.45, 2.75) is 18.8 Å². The van der Waals surface area contributed by atoms with Crippen LogP contribution in [-0.4, -0.2) is 16.8 Å². The maximum Gasteiger partial charge on any atom is 0.408 e. The third-order valence-corrected chi connectivity index (χ3v) is 4.03. The lowest BCUT2D eigenvalue weighted by atomic mass is 10.1. The molecule has 0 radical (unpaired) electrons. The lowest BCUT2D eigenvalue weighted by Gasteiger charge is -2.16. The molecule has 2 aromatic carbocycles. The van der Waals surface area contributed by atoms with Crippen LogP contribution in [0.25, 0.3) is 0 Å². The normalized spacial score (nSPS) is 13.1. The Hall–Kier alpha value is -2.10. The molecule has 0 saturated heterocycles. The van der Waals surface area contributed by atoms with Gasteiger partial charge in [0.2, 0.25) is 8.03 Å². The van der Waals surface area contributed by atoms with Gasteiger partial charge in [-0.1, -0.05) is 60.7 Å². The molecule has 0 bridgehead atoms. The molecule has 0 saturated carbocycles. The highest BCUT2D eigenvalue weighted by molar-refractivity contribution is 7.38. The number of carbonyl (C=O) groups excluding carboxylic acids is 1. The van der Waals surface area contributed by atoms with Gasteiger partial charge in [-0.2, -0.15) is 0 Å². The summed E-state index contributed by atoms with van der Waals surface area (Å²) < 4.78 is 16.5. The van der Waals surface area contributed by atoms with Crippen molar-refractivity contribution in [3.8, 4) is 0 Å². The van der Waals surface area contributed by atoms with E-state index < -0.39 is 19.9 Å². The van der Waals surface area contributed by atoms with Crippen LogP contribution in [0.2, 0.25) is 0 Å². The van der Waals surface area contributed by atoms with Crippen LogP contribution in [0.4, 0.5) is 4.79 Å². The number of rotatable bonds is 6. The first-order valence-corrected chi connectivity index (χ1v) is 8.32. The number of carbonyl (C=O) groups is 1. The molecule has 2 N–H and O–H groups in total. The SMILES string of the molecule is O=C(NC(Cc1ccccc1)[PH](=O)O)OCc1ccccc1. The minimum atomic E-state index is -2.91. The zero-order valence-electron chi connectivity index (χ0n) is 11.9. The van der Waals surface area contributed by atoms with Gasteiger partial charge in [0.1, 0.15) is 12.4 Å². The highest BCUT2D eigenvalue weighted by Gasteiger charge is 2.18. The van der Waals surface area contributed by atoms with Crippen molar-refractivity contribution in [1.29, 1.82) is 0 Å². The largest absolute Gasteiger partial charge is 0.445 e. The Morgan fingerprint density at radius 2 is 1.59 bits per heavy atom. The van der Waals surface area contributed by atoms with Crippen LogP contribution >= 0.6 is 8.03 Å². The van der Waals surface area contributed by atoms with E-state index in [0.29, 0.717) is 0 Å². The Balaban J connectivity index is 1.88. The van der Waals surface area contributed by atoms with Gasteiger partial charge in [0, 0.05) is 6.42 Å². The third-order valence-electron chi connectivity index (χ3n) is 3.09. The molecule has 0 fully saturated rings. The van der Waals surface area contributed by atoms with Gasteiger partial charge in [-0.05, 0) is 11.1 Å². The number of hydrogen-bond acceptors (Lipinski definition) is 3. The van der Waals surface area contributed by atoms with Crippen LogP contribution in [0.1, 0.15) is 11.1 Å². The molecule has 0 aromatic heterocycles. The molecule has 2 unspecified atom stereocenters. The maximum absolute atomic E-state index is 11.8. The monoisotopic (exact) mass is 319 g/mol. The zero-order chi connectivity index (χ0) is 15.8. The average Bonchev–Trinajstić information content (AvgIpc) is 2.54. The van der Waals surface area contributed by atoms with Crippen LogP contribution in [0.3, 0.4) is 0 Å². The van der Waals surface area contributed by atoms with Crippen LogP contribution in [0.15, 0.2) is 60.7 Å². The number of hydrogen-bond donors (Lipinski definition) is 2. The highest BCUT2D eigenvalue weighted by Crippen LogP contribution is 2.23. The Morgan fingerprint density at radius 1 is 1.05 bits per heavy atom. The highest BCUT2D eigenvalue weighted by atomic mass is 31.1. The quantitative estimate of drug-likeness (QED) is 0.803. The molecule has 2 aromatic rings. The zero-order valence-corrected chi connectivity index (χ0v) is 12.9. The lowest BCUT2D eigenvalue weighted by Crippen LogP contribution is -2.34. The van der Waals surface area contributed by atoms with E-state index in [1.807, 2.05) is 60.7 Å². The van der Waals surface area contributed by atoms with Gasteiger partial charge in [0.25, 0.3) is 0 Å². The van der Waals surface area contributed by atoms with Gasteiger partial charge >= 0.3 is 6.09 Å². The second kappa shape index (κ2) is 8.37. The lowest BCUT2D eigenvalue weighted by molar-refractivity contribution is 0.138. The number of amides is 1. The molecule has 0 spiro atoms. The Kier molecular flexibility index (Phi) is 6.19. The van der Waals surface area contributed by atoms with E-state index in [1.54, 1.807) is 0 Å². The standard InChI is InChI=1S/C16H18NO4P/c18-16(21-12-14-9-5-2-6-10-14)17-15(22(19)20)11-13-7-3-1-4-8-13/h1-10,15,22H,11-12H2,(H,17,18)(H,19,20). The smallest absolute Gasteiger partial charge is 0.408 e. The van der Waals surface area contributed by atoms with Crippen LogP contribution in [-0.2, 0) is 22.3 Å². The minimum absolute atomic E-state index is 0.122. The first-order valence-electron chi connectivity index (χ1n) is 6.89. The van der Waals surface area contributed by atoms with Crippen LogP contribution < -0.4 is 5.32 Å². The summed E-state index contributed by atoms with van der Waals surface area (Å²) in [5.74, 6) is -0.837. The summed E-state index contributed by atoms with van der Waals surface area (Å²) in [4.78, 5) is 21.1. The van der Waals surface area contributed by atoms with E-state index in [9.17, 15) is 14.3 Å². The molecule has 0 aliphatic carbocycles. The number of ether oxygens (including phenoxy) is 1. The van der Waals surface area contributed by atoms with E-state index in [-0.39, 0.29) is 13.0 Å². The number of nitrogens with one attached hydrogen (secondary N) is 1. The molecule has 2 atom stereocenters. The van der Waals surface area contributed by atoms with Crippen LogP contribution in [0.5, 0.6) is 0 Å². The number of benzene rings is 2. The topological polar surface area (TPSA) is 75.6 Å². The van der Waals surface area contributed by atoms with Crippen molar-refractivity contribution < 1.29 is 19.0 Å². The van der Waals surface area contributed by atoms with Gasteiger partial charge < -0.3 is 14.9 Å². The Labute approximate surface area is 129 Å². The van der Waals surface area contributed by atoms with E-state index in [1.165, 1.54) is 0 Å². The fourth-order valence-corrected chi connectivity index (χ4v) is 2.61. The maximum atomic E-state index is 11.8. The van der Waals surface area contributed by atoms with Crippen molar-refractivity contribution in [3.63, 3.8) is 0 Å². The van der Waals surface area contributed by atoms with Gasteiger partial charge in [0.15, 0.2) is 0 Å². The van der Waals surface area contributed by atoms with Crippen LogP contribution in [0, 0.1) is 0 Å². The average molecular weight is 319 g/mol. The van der Waals surface area contributed by atoms with Gasteiger partial charge in [-0.25, -0.2) is 4.79 Å². The molecule has 5 nitrogen and oxygen atoms in total. The fourth-order valence-electron chi connectivity index (χ4n) is 1.96. The minimum Gasteiger partial charge on any atom is -0.445 e. The molecule has 0 heterocycles. The second-order valence-corrected chi connectivity index (χ2v) is 6.16. The van der Waals surface area contributed by atoms with E-state index in [0.717, 1.165) is 11.1 Å². The first kappa shape index (κ1) is 16.3. The molecule has 22 heavy (non-hydrogen) atoms. The summed E-state index contributed by atoms with van der Waals surface area (Å²) in [5, 5.41) is 2.46. The summed E-state index contributed by atoms with van der Waals surface area (Å²) in [6.45, 7) is 0.122. The predicted octanol–water partition coefficient (Wildman–Crippen LogP) is 2.95. The van der Waals surface area contributed by atoms with Gasteiger partial charge in [0.05, 0.1) is 0 Å². The molecule has 0 aliphatic heterocycles. The second-order valence-electron chi connectivity index (χ2n) is 4.79. The fraction of sp³-hybridized carbons (Fsp3) is 0.188. The Morgan fingerprint density at radius 3 is 2.14 bits per heavy atom. The van der Waals surface area contributed by atoms with Crippen molar-refractivity contribution in [1.82, 2.24) is 5.32 Å². The Bertz CT molecular complexity index is 619. The molecule has 1 amide bonds. The van der Waals surface area contributed by atoms with E-state index in [2.05, 4.69) is 5.32 Å². The van der Waals surface area contributed by atoms with Gasteiger partial charge in [-0.3, -0.25) is 4.57 Å². The molecule has 0 aliphatic rings. The predicted molar refractivity (Wildman–Crippen MR) is 84.9 cm³/mol. The molecular formula is C16H18NO4P. The molecule has 2 rings (SSSR count). The summed E-state index contributed by atoms with van der Waals surface area (Å²) in [6, 6.07) is 18.5. The van der Waals surface area contributed by atoms with Crippen molar-refractivity contribution >= 4 is 14.1 Å². The first-order chi connectivity index (χ1) is 10.6. The van der Waals surface area contributed by atoms with Crippen molar-refractivity contribution in [2.24, 2.45) is 0 Å². The summed E-state index contributed by atoms with van der Waals surface area (Å²) in [5.41, 5.74) is 1.73. The summed E-state index contributed by atoms with van der Waals surface area (Å²) >= 11 is 0.